The molecule has 0 unspecified atom stereocenters. The summed E-state index contributed by atoms with van der Waals surface area (Å²) in [4.78, 5) is 19.3. The van der Waals surface area contributed by atoms with Crippen molar-refractivity contribution in [2.75, 3.05) is 13.1 Å². The Morgan fingerprint density at radius 3 is 2.79 bits per heavy atom. The zero-order valence-corrected chi connectivity index (χ0v) is 12.4. The van der Waals surface area contributed by atoms with E-state index in [1.165, 1.54) is 24.2 Å². The molecule has 106 valence electrons. The van der Waals surface area contributed by atoms with Gasteiger partial charge in [0.15, 0.2) is 0 Å². The van der Waals surface area contributed by atoms with Crippen LogP contribution < -0.4 is 11.3 Å². The van der Waals surface area contributed by atoms with Crippen LogP contribution in [0.2, 0.25) is 0 Å². The normalized spacial score (nSPS) is 17.6. The molecule has 0 aromatic carbocycles. The summed E-state index contributed by atoms with van der Waals surface area (Å²) in [6.07, 6.45) is 3.26. The van der Waals surface area contributed by atoms with Crippen molar-refractivity contribution >= 4 is 17.2 Å². The number of hydrogen-bond donors (Lipinski definition) is 2. The van der Waals surface area contributed by atoms with E-state index in [-0.39, 0.29) is 5.91 Å². The van der Waals surface area contributed by atoms with Gasteiger partial charge < -0.3 is 0 Å². The van der Waals surface area contributed by atoms with Crippen molar-refractivity contribution in [3.8, 4) is 0 Å². The number of piperidine rings is 1. The molecular weight excluding hydrogens is 260 g/mol. The van der Waals surface area contributed by atoms with Crippen LogP contribution in [0.1, 0.15) is 47.1 Å². The fraction of sp³-hybridized carbons (Fsp3) is 0.692. The molecule has 0 radical (unpaired) electrons. The molecule has 1 aliphatic rings. The number of likely N-dealkylation sites (tertiary alicyclic amines) is 1. The van der Waals surface area contributed by atoms with Gasteiger partial charge in [-0.25, -0.2) is 10.8 Å². The lowest BCUT2D eigenvalue weighted by Gasteiger charge is -2.29. The van der Waals surface area contributed by atoms with Crippen LogP contribution in [0, 0.1) is 5.92 Å². The second kappa shape index (κ2) is 6.45. The molecular formula is C13H22N4OS. The van der Waals surface area contributed by atoms with Crippen LogP contribution in [-0.4, -0.2) is 28.9 Å². The van der Waals surface area contributed by atoms with Crippen LogP contribution in [0.4, 0.5) is 0 Å². The Balaban J connectivity index is 2.04. The second-order valence-electron chi connectivity index (χ2n) is 5.17. The third-order valence-corrected chi connectivity index (χ3v) is 4.73. The van der Waals surface area contributed by atoms with Gasteiger partial charge in [0.25, 0.3) is 5.91 Å². The number of hydrogen-bond acceptors (Lipinski definition) is 5. The van der Waals surface area contributed by atoms with Crippen LogP contribution in [0.5, 0.6) is 0 Å². The number of carbonyl (C=O) groups is 1. The fourth-order valence-electron chi connectivity index (χ4n) is 2.36. The molecule has 0 bridgehead atoms. The molecule has 1 amide bonds. The highest BCUT2D eigenvalue weighted by atomic mass is 32.1. The summed E-state index contributed by atoms with van der Waals surface area (Å²) in [6, 6.07) is 0. The lowest BCUT2D eigenvalue weighted by Crippen LogP contribution is -2.32. The fourth-order valence-corrected chi connectivity index (χ4v) is 3.46. The van der Waals surface area contributed by atoms with Crippen molar-refractivity contribution in [2.24, 2.45) is 11.8 Å². The Hall–Kier alpha value is -0.980. The summed E-state index contributed by atoms with van der Waals surface area (Å²) in [5, 5.41) is 1.02. The van der Waals surface area contributed by atoms with Crippen LogP contribution in [-0.2, 0) is 13.0 Å². The maximum atomic E-state index is 11.7. The highest BCUT2D eigenvalue weighted by Crippen LogP contribution is 2.23. The molecule has 1 fully saturated rings. The number of aromatic nitrogens is 1. The van der Waals surface area contributed by atoms with E-state index in [0.717, 1.165) is 42.7 Å². The molecule has 0 aliphatic carbocycles. The van der Waals surface area contributed by atoms with Gasteiger partial charge in [-0.2, -0.15) is 0 Å². The van der Waals surface area contributed by atoms with E-state index in [1.807, 2.05) is 6.92 Å². The summed E-state index contributed by atoms with van der Waals surface area (Å²) < 4.78 is 0. The Morgan fingerprint density at radius 1 is 1.53 bits per heavy atom. The molecule has 5 nitrogen and oxygen atoms in total. The minimum Gasteiger partial charge on any atom is -0.297 e. The summed E-state index contributed by atoms with van der Waals surface area (Å²) >= 11 is 1.47. The van der Waals surface area contributed by atoms with Crippen molar-refractivity contribution in [3.63, 3.8) is 0 Å². The lowest BCUT2D eigenvalue weighted by molar-refractivity contribution is 0.0956. The van der Waals surface area contributed by atoms with Crippen LogP contribution in [0.3, 0.4) is 0 Å². The molecule has 0 atom stereocenters. The van der Waals surface area contributed by atoms with E-state index in [2.05, 4.69) is 22.2 Å². The maximum Gasteiger partial charge on any atom is 0.277 e. The Morgan fingerprint density at radius 2 is 2.21 bits per heavy atom. The van der Waals surface area contributed by atoms with Gasteiger partial charge in [0.1, 0.15) is 9.88 Å². The van der Waals surface area contributed by atoms with Gasteiger partial charge in [-0.1, -0.05) is 13.8 Å². The van der Waals surface area contributed by atoms with Crippen molar-refractivity contribution in [2.45, 2.75) is 39.7 Å². The summed E-state index contributed by atoms with van der Waals surface area (Å²) in [7, 11) is 0. The largest absolute Gasteiger partial charge is 0.297 e. The minimum absolute atomic E-state index is 0.229. The number of nitrogen functional groups attached to an aromatic ring is 1. The molecule has 1 saturated heterocycles. The second-order valence-corrected chi connectivity index (χ2v) is 6.25. The van der Waals surface area contributed by atoms with E-state index < -0.39 is 0 Å². The number of hydrazine groups is 1. The number of amides is 1. The number of aryl methyl sites for hydroxylation is 1. The van der Waals surface area contributed by atoms with Crippen molar-refractivity contribution < 1.29 is 4.79 Å². The molecule has 1 aromatic heterocycles. The standard InChI is InChI=1S/C13H22N4OS/c1-3-10-12(13(18)16-14)19-11(15-10)8-17-6-4-9(2)5-7-17/h9H,3-8,14H2,1-2H3,(H,16,18). The average molecular weight is 282 g/mol. The van der Waals surface area contributed by atoms with Gasteiger partial charge in [-0.15, -0.1) is 11.3 Å². The molecule has 2 heterocycles. The van der Waals surface area contributed by atoms with Crippen molar-refractivity contribution in [1.29, 1.82) is 0 Å². The van der Waals surface area contributed by atoms with E-state index in [0.29, 0.717) is 4.88 Å². The highest BCUT2D eigenvalue weighted by molar-refractivity contribution is 7.13. The minimum atomic E-state index is -0.229. The van der Waals surface area contributed by atoms with Gasteiger partial charge in [0, 0.05) is 0 Å². The first-order valence-corrected chi connectivity index (χ1v) is 7.67. The van der Waals surface area contributed by atoms with Crippen molar-refractivity contribution in [1.82, 2.24) is 15.3 Å². The maximum absolute atomic E-state index is 11.7. The Kier molecular flexibility index (Phi) is 4.90. The Bertz CT molecular complexity index is 438. The summed E-state index contributed by atoms with van der Waals surface area (Å²) in [5.74, 6) is 5.81. The topological polar surface area (TPSA) is 71.2 Å². The number of carbonyl (C=O) groups excluding carboxylic acids is 1. The quantitative estimate of drug-likeness (QED) is 0.499. The van der Waals surface area contributed by atoms with E-state index >= 15 is 0 Å². The van der Waals surface area contributed by atoms with Crippen molar-refractivity contribution in [3.05, 3.63) is 15.6 Å². The van der Waals surface area contributed by atoms with Crippen LogP contribution >= 0.6 is 11.3 Å². The number of nitrogens with zero attached hydrogens (tertiary/aromatic N) is 2. The third-order valence-electron chi connectivity index (χ3n) is 3.65. The van der Waals surface area contributed by atoms with E-state index in [9.17, 15) is 4.79 Å². The van der Waals surface area contributed by atoms with Gasteiger partial charge in [0.2, 0.25) is 0 Å². The highest BCUT2D eigenvalue weighted by Gasteiger charge is 2.20. The molecule has 19 heavy (non-hydrogen) atoms. The number of rotatable bonds is 4. The van der Waals surface area contributed by atoms with Crippen LogP contribution in [0.25, 0.3) is 0 Å². The predicted octanol–water partition coefficient (Wildman–Crippen LogP) is 1.54. The molecule has 2 rings (SSSR count). The Labute approximate surface area is 118 Å². The van der Waals surface area contributed by atoms with Crippen LogP contribution in [0.15, 0.2) is 0 Å². The number of nitrogens with two attached hydrogens (primary N) is 1. The zero-order valence-electron chi connectivity index (χ0n) is 11.6. The van der Waals surface area contributed by atoms with Gasteiger partial charge in [-0.05, 0) is 38.3 Å². The third kappa shape index (κ3) is 3.52. The zero-order chi connectivity index (χ0) is 13.8. The van der Waals surface area contributed by atoms with E-state index in [1.54, 1.807) is 0 Å². The SMILES string of the molecule is CCc1nc(CN2CCC(C)CC2)sc1C(=O)NN. The summed E-state index contributed by atoms with van der Waals surface area (Å²) in [5.41, 5.74) is 3.05. The smallest absolute Gasteiger partial charge is 0.277 e. The molecule has 3 N–H and O–H groups in total. The molecule has 6 heteroatoms. The number of thiazole rings is 1. The lowest BCUT2D eigenvalue weighted by atomic mass is 9.99. The first-order chi connectivity index (χ1) is 9.13. The molecule has 1 aliphatic heterocycles. The average Bonchev–Trinajstić information content (AvgIpc) is 2.83. The number of nitrogens with one attached hydrogen (secondary N) is 1. The van der Waals surface area contributed by atoms with E-state index in [4.69, 9.17) is 5.84 Å². The first-order valence-electron chi connectivity index (χ1n) is 6.86. The monoisotopic (exact) mass is 282 g/mol. The van der Waals surface area contributed by atoms with Gasteiger partial charge >= 0.3 is 0 Å². The molecule has 0 spiro atoms. The van der Waals surface area contributed by atoms with Gasteiger partial charge in [0.05, 0.1) is 12.2 Å². The molecule has 1 aromatic rings. The first kappa shape index (κ1) is 14.4. The van der Waals surface area contributed by atoms with Gasteiger partial charge in [-0.3, -0.25) is 15.1 Å². The summed E-state index contributed by atoms with van der Waals surface area (Å²) in [6.45, 7) is 7.41. The molecule has 0 saturated carbocycles. The predicted molar refractivity (Wildman–Crippen MR) is 76.8 cm³/mol.